The molecule has 0 radical (unpaired) electrons. The molecule has 0 bridgehead atoms. The molecule has 3 amide bonds. The molecule has 0 spiro atoms. The summed E-state index contributed by atoms with van der Waals surface area (Å²) in [6.45, 7) is -0.121. The van der Waals surface area contributed by atoms with Crippen LogP contribution in [0.4, 0.5) is 5.69 Å². The van der Waals surface area contributed by atoms with E-state index in [2.05, 4.69) is 10.7 Å². The third-order valence-electron chi connectivity index (χ3n) is 3.98. The lowest BCUT2D eigenvalue weighted by molar-refractivity contribution is -0.132. The van der Waals surface area contributed by atoms with Crippen molar-refractivity contribution < 1.29 is 24.2 Å². The van der Waals surface area contributed by atoms with Gasteiger partial charge in [0.2, 0.25) is 11.8 Å². The molecule has 0 aromatic heterocycles. The number of nitrogens with one attached hydrogen (secondary N) is 2. The number of ether oxygens (including phenoxy) is 1. The number of rotatable bonds is 8. The lowest BCUT2D eigenvalue weighted by atomic mass is 10.2. The van der Waals surface area contributed by atoms with Crippen LogP contribution in [0.25, 0.3) is 0 Å². The molecule has 9 nitrogen and oxygen atoms in total. The Bertz CT molecular complexity index is 725. The fourth-order valence-electron chi connectivity index (χ4n) is 2.52. The molecule has 1 unspecified atom stereocenters. The molecule has 1 atom stereocenters. The van der Waals surface area contributed by atoms with Crippen LogP contribution in [-0.4, -0.2) is 64.7 Å². The number of methoxy groups -OCH3 is 1. The molecule has 3 N–H and O–H groups in total. The Morgan fingerprint density at radius 3 is 2.52 bits per heavy atom. The highest BCUT2D eigenvalue weighted by Crippen LogP contribution is 2.19. The summed E-state index contributed by atoms with van der Waals surface area (Å²) in [5.74, 6) is -0.517. The van der Waals surface area contributed by atoms with E-state index in [0.29, 0.717) is 17.9 Å². The number of likely N-dealkylation sites (N-methyl/N-ethyl adjacent to an activating group) is 1. The molecule has 2 rings (SSSR count). The van der Waals surface area contributed by atoms with Crippen LogP contribution in [-0.2, 0) is 14.4 Å². The zero-order chi connectivity index (χ0) is 20.0. The van der Waals surface area contributed by atoms with Gasteiger partial charge < -0.3 is 15.2 Å². The largest absolute Gasteiger partial charge is 0.497 e. The van der Waals surface area contributed by atoms with E-state index in [1.165, 1.54) is 17.0 Å². The van der Waals surface area contributed by atoms with E-state index in [1.807, 2.05) is 0 Å². The average molecular weight is 394 g/mol. The van der Waals surface area contributed by atoms with Gasteiger partial charge in [0, 0.05) is 25.8 Å². The molecule has 10 heteroatoms. The van der Waals surface area contributed by atoms with Gasteiger partial charge in [-0.25, -0.2) is 5.01 Å². The predicted molar refractivity (Wildman–Crippen MR) is 102 cm³/mol. The topological polar surface area (TPSA) is 111 Å². The monoisotopic (exact) mass is 394 g/mol. The first-order valence-corrected chi connectivity index (χ1v) is 8.73. The molecule has 27 heavy (non-hydrogen) atoms. The van der Waals surface area contributed by atoms with E-state index in [4.69, 9.17) is 22.1 Å². The van der Waals surface area contributed by atoms with Gasteiger partial charge in [-0.05, 0) is 42.9 Å². The van der Waals surface area contributed by atoms with E-state index in [-0.39, 0.29) is 30.5 Å². The van der Waals surface area contributed by atoms with Crippen LogP contribution in [0.3, 0.4) is 0 Å². The van der Waals surface area contributed by atoms with Crippen molar-refractivity contribution in [1.29, 1.82) is 0 Å². The molecule has 1 heterocycles. The summed E-state index contributed by atoms with van der Waals surface area (Å²) < 4.78 is 5.06. The van der Waals surface area contributed by atoms with Crippen LogP contribution < -0.4 is 15.5 Å². The van der Waals surface area contributed by atoms with Crippen molar-refractivity contribution in [3.8, 4) is 5.75 Å². The normalized spacial score (nSPS) is 16.5. The van der Waals surface area contributed by atoms with E-state index < -0.39 is 17.9 Å². The molecule has 0 saturated carbocycles. The summed E-state index contributed by atoms with van der Waals surface area (Å²) in [6, 6.07) is 5.83. The minimum absolute atomic E-state index is 0.0816. The number of hydrogen-bond acceptors (Lipinski definition) is 6. The Hall–Kier alpha value is -2.72. The van der Waals surface area contributed by atoms with Crippen molar-refractivity contribution in [2.45, 2.75) is 25.3 Å². The molecule has 1 aromatic carbocycles. The number of hydrogen-bond donors (Lipinski definition) is 3. The molecule has 1 aliphatic heterocycles. The summed E-state index contributed by atoms with van der Waals surface area (Å²) >= 11 is 5.18. The van der Waals surface area contributed by atoms with Crippen LogP contribution in [0.15, 0.2) is 24.3 Å². The Morgan fingerprint density at radius 1 is 1.26 bits per heavy atom. The SMILES string of the molecule is COc1ccc(NC(=O)CC2C(=O)N(C)C(=S)N2NC(=O)CCCO)cc1. The molecule has 0 aliphatic carbocycles. The zero-order valence-corrected chi connectivity index (χ0v) is 15.9. The number of aliphatic hydroxyl groups excluding tert-OH is 1. The van der Waals surface area contributed by atoms with Crippen molar-refractivity contribution in [2.24, 2.45) is 0 Å². The minimum atomic E-state index is -0.932. The lowest BCUT2D eigenvalue weighted by Gasteiger charge is -2.24. The highest BCUT2D eigenvalue weighted by atomic mass is 32.1. The first kappa shape index (κ1) is 20.6. The van der Waals surface area contributed by atoms with Crippen molar-refractivity contribution >= 4 is 40.7 Å². The number of thiocarbonyl (C=S) groups is 1. The van der Waals surface area contributed by atoms with E-state index >= 15 is 0 Å². The van der Waals surface area contributed by atoms with E-state index in [1.54, 1.807) is 31.4 Å². The molecule has 1 fully saturated rings. The van der Waals surface area contributed by atoms with Crippen molar-refractivity contribution in [1.82, 2.24) is 15.3 Å². The third kappa shape index (κ3) is 5.14. The summed E-state index contributed by atoms with van der Waals surface area (Å²) in [7, 11) is 3.03. The van der Waals surface area contributed by atoms with E-state index in [9.17, 15) is 14.4 Å². The molecule has 1 saturated heterocycles. The fraction of sp³-hybridized carbons (Fsp3) is 0.412. The maximum atomic E-state index is 12.4. The zero-order valence-electron chi connectivity index (χ0n) is 15.1. The number of amides is 3. The third-order valence-corrected chi connectivity index (χ3v) is 4.45. The quantitative estimate of drug-likeness (QED) is 0.542. The van der Waals surface area contributed by atoms with Gasteiger partial charge >= 0.3 is 0 Å². The molecule has 1 aliphatic rings. The maximum absolute atomic E-state index is 12.4. The van der Waals surface area contributed by atoms with Crippen molar-refractivity contribution in [3.63, 3.8) is 0 Å². The van der Waals surface area contributed by atoms with Crippen LogP contribution >= 0.6 is 12.2 Å². The second kappa shape index (κ2) is 9.28. The van der Waals surface area contributed by atoms with Gasteiger partial charge in [-0.15, -0.1) is 0 Å². The Balaban J connectivity index is 2.03. The van der Waals surface area contributed by atoms with Crippen LogP contribution in [0, 0.1) is 0 Å². The second-order valence-corrected chi connectivity index (χ2v) is 6.27. The highest BCUT2D eigenvalue weighted by Gasteiger charge is 2.42. The van der Waals surface area contributed by atoms with Gasteiger partial charge in [0.1, 0.15) is 11.8 Å². The summed E-state index contributed by atoms with van der Waals surface area (Å²) in [5, 5.41) is 12.8. The first-order valence-electron chi connectivity index (χ1n) is 8.32. The van der Waals surface area contributed by atoms with Gasteiger partial charge in [0.05, 0.1) is 13.5 Å². The standard InChI is InChI=1S/C17H22N4O5S/c1-20-16(25)13(21(17(20)27)19-14(23)4-3-9-22)10-15(24)18-11-5-7-12(26-2)8-6-11/h5-8,13,22H,3-4,9-10H2,1-2H3,(H,18,24)(H,19,23). The molecule has 1 aromatic rings. The Morgan fingerprint density at radius 2 is 1.93 bits per heavy atom. The van der Waals surface area contributed by atoms with Crippen molar-refractivity contribution in [2.75, 3.05) is 26.1 Å². The number of carbonyl (C=O) groups excluding carboxylic acids is 3. The molecule has 146 valence electrons. The smallest absolute Gasteiger partial charge is 0.253 e. The highest BCUT2D eigenvalue weighted by molar-refractivity contribution is 7.80. The van der Waals surface area contributed by atoms with Crippen LogP contribution in [0.5, 0.6) is 5.75 Å². The number of carbonyl (C=O) groups is 3. The van der Waals surface area contributed by atoms with Gasteiger partial charge in [-0.2, -0.15) is 0 Å². The number of anilines is 1. The Labute approximate surface area is 162 Å². The van der Waals surface area contributed by atoms with Gasteiger partial charge in [0.15, 0.2) is 5.11 Å². The van der Waals surface area contributed by atoms with Gasteiger partial charge in [-0.1, -0.05) is 0 Å². The summed E-state index contributed by atoms with van der Waals surface area (Å²) in [5.41, 5.74) is 3.10. The first-order chi connectivity index (χ1) is 12.9. The fourth-order valence-corrected chi connectivity index (χ4v) is 2.78. The van der Waals surface area contributed by atoms with Crippen LogP contribution in [0.2, 0.25) is 0 Å². The maximum Gasteiger partial charge on any atom is 0.253 e. The number of benzene rings is 1. The number of hydrazine groups is 1. The number of nitrogens with zero attached hydrogens (tertiary/aromatic N) is 2. The Kier molecular flexibility index (Phi) is 7.08. The van der Waals surface area contributed by atoms with Gasteiger partial charge in [-0.3, -0.25) is 24.7 Å². The number of aliphatic hydroxyl groups is 1. The average Bonchev–Trinajstić information content (AvgIpc) is 2.85. The van der Waals surface area contributed by atoms with Gasteiger partial charge in [0.25, 0.3) is 5.91 Å². The molecular formula is C17H22N4O5S. The summed E-state index contributed by atoms with van der Waals surface area (Å²) in [6.07, 6.45) is 0.187. The van der Waals surface area contributed by atoms with Crippen LogP contribution in [0.1, 0.15) is 19.3 Å². The molecular weight excluding hydrogens is 372 g/mol. The minimum Gasteiger partial charge on any atom is -0.497 e. The lowest BCUT2D eigenvalue weighted by Crippen LogP contribution is -2.49. The predicted octanol–water partition coefficient (Wildman–Crippen LogP) is 0.255. The van der Waals surface area contributed by atoms with E-state index in [0.717, 1.165) is 0 Å². The summed E-state index contributed by atoms with van der Waals surface area (Å²) in [4.78, 5) is 37.9. The second-order valence-electron chi connectivity index (χ2n) is 5.91. The van der Waals surface area contributed by atoms with Crippen molar-refractivity contribution in [3.05, 3.63) is 24.3 Å².